The summed E-state index contributed by atoms with van der Waals surface area (Å²) in [5, 5.41) is 0. The number of rotatable bonds is 3. The molecule has 5 aromatic rings. The van der Waals surface area contributed by atoms with Crippen molar-refractivity contribution in [3.8, 4) is 11.1 Å². The molecule has 7 rings (SSSR count). The maximum Gasteiger partial charge on any atom is -1.00 e. The Kier molecular flexibility index (Phi) is 15.2. The molecule has 0 fully saturated rings. The molecule has 2 aliphatic carbocycles. The van der Waals surface area contributed by atoms with Crippen molar-refractivity contribution in [2.24, 2.45) is 5.92 Å². The van der Waals surface area contributed by atoms with Crippen LogP contribution in [0.4, 0.5) is 0 Å². The van der Waals surface area contributed by atoms with Crippen LogP contribution in [0.1, 0.15) is 105 Å². The van der Waals surface area contributed by atoms with Gasteiger partial charge in [0.05, 0.1) is 0 Å². The molecule has 0 aliphatic heterocycles. The zero-order chi connectivity index (χ0) is 36.2. The molecule has 0 heterocycles. The van der Waals surface area contributed by atoms with E-state index in [1.54, 1.807) is 0 Å². The van der Waals surface area contributed by atoms with Gasteiger partial charge in [-0.25, -0.2) is 5.57 Å². The molecule has 1 unspecified atom stereocenters. The maximum atomic E-state index is 3.67. The minimum absolute atomic E-state index is 0. The van der Waals surface area contributed by atoms with Crippen molar-refractivity contribution < 1.29 is 49.0 Å². The van der Waals surface area contributed by atoms with Gasteiger partial charge >= 0.3 is 112 Å². The van der Waals surface area contributed by atoms with E-state index in [4.69, 9.17) is 0 Å². The van der Waals surface area contributed by atoms with Crippen LogP contribution >= 0.6 is 0 Å². The Balaban J connectivity index is 0.000000212. The van der Waals surface area contributed by atoms with Crippen LogP contribution in [0.5, 0.6) is 0 Å². The molecule has 268 valence electrons. The Bertz CT molecular complexity index is 1910. The van der Waals surface area contributed by atoms with E-state index in [1.807, 2.05) is 6.07 Å². The molecule has 0 aromatic heterocycles. The summed E-state index contributed by atoms with van der Waals surface area (Å²) in [7, 11) is 0. The molecule has 3 heteroatoms. The third-order valence-electron chi connectivity index (χ3n) is 9.49. The molecule has 0 nitrogen and oxygen atoms in total. The summed E-state index contributed by atoms with van der Waals surface area (Å²) in [5.74, 6) is 0.468. The van der Waals surface area contributed by atoms with E-state index in [-0.39, 0.29) is 35.6 Å². The molecule has 0 amide bonds. The monoisotopic (exact) mass is 800 g/mol. The Morgan fingerprint density at radius 2 is 1.19 bits per heavy atom. The van der Waals surface area contributed by atoms with E-state index < -0.39 is 0 Å². The van der Waals surface area contributed by atoms with Gasteiger partial charge in [0.2, 0.25) is 0 Å². The minimum atomic E-state index is 0. The summed E-state index contributed by atoms with van der Waals surface area (Å²) in [6.45, 7) is 22.1. The van der Waals surface area contributed by atoms with Crippen molar-refractivity contribution in [3.05, 3.63) is 183 Å². The normalized spacial score (nSPS) is 14.1. The van der Waals surface area contributed by atoms with Crippen molar-refractivity contribution in [3.63, 3.8) is 0 Å². The Labute approximate surface area is 342 Å². The van der Waals surface area contributed by atoms with E-state index >= 15 is 0 Å². The number of fused-ring (bicyclic) bond motifs is 3. The minimum Gasteiger partial charge on any atom is -1.00 e. The summed E-state index contributed by atoms with van der Waals surface area (Å²) >= 11 is 1.46. The standard InChI is InChI=1S/C21H25.C15H14.C13H13.2ClH.Zr/c1-20(2,3)16-7-9-18-14(12-16)11-15-13-17(21(4,5)6)8-10-19(15)18;1-12-3-7-14(8-4-12)11-15-9-5-13(2)6-10-15;1-10-8-11(2)13(9-10)12-6-4-3-5-7-12;;;/h7-10,12H,11H2,1-6H3;3-10H,1-2H3;3-7,9-10H,1-2H3;2*1H;/q-1;;-1;;;+2/p-2. The van der Waals surface area contributed by atoms with Crippen LogP contribution in [0, 0.1) is 31.9 Å². The number of hydrogen-bond donors (Lipinski definition) is 0. The first-order valence-corrected chi connectivity index (χ1v) is 19.1. The van der Waals surface area contributed by atoms with Crippen LogP contribution in [-0.2, 0) is 41.5 Å². The van der Waals surface area contributed by atoms with Gasteiger partial charge in [0.25, 0.3) is 0 Å². The SMILES string of the molecule is CC(C)(C)c1[c-]c2c(cc1)-c1ccc(C(C)(C)C)cc1C2.CC1=[C-]C(C)C=C1c1ccccc1.Cc1ccc([C](=[Zr+2])c2ccc(C)cc2)cc1.[Cl-].[Cl-]. The van der Waals surface area contributed by atoms with Crippen molar-refractivity contribution >= 4 is 8.78 Å². The Morgan fingerprint density at radius 1 is 0.654 bits per heavy atom. The fourth-order valence-corrected chi connectivity index (χ4v) is 7.22. The maximum absolute atomic E-state index is 3.67. The first-order chi connectivity index (χ1) is 23.6. The van der Waals surface area contributed by atoms with E-state index in [9.17, 15) is 0 Å². The smallest absolute Gasteiger partial charge is 1.00 e. The van der Waals surface area contributed by atoms with Gasteiger partial charge in [0.1, 0.15) is 0 Å². The molecule has 5 aromatic carbocycles. The molecule has 2 aliphatic rings. The molecule has 0 saturated carbocycles. The van der Waals surface area contributed by atoms with Crippen molar-refractivity contribution in [2.75, 3.05) is 0 Å². The van der Waals surface area contributed by atoms with Gasteiger partial charge in [0, 0.05) is 0 Å². The zero-order valence-corrected chi connectivity index (χ0v) is 36.5. The van der Waals surface area contributed by atoms with Crippen molar-refractivity contribution in [1.29, 1.82) is 0 Å². The van der Waals surface area contributed by atoms with Crippen LogP contribution in [0.15, 0.2) is 121 Å². The van der Waals surface area contributed by atoms with Gasteiger partial charge in [-0.15, -0.1) is 16.7 Å². The number of benzene rings is 5. The van der Waals surface area contributed by atoms with E-state index in [2.05, 4.69) is 191 Å². The second-order valence-electron chi connectivity index (χ2n) is 15.9. The fourth-order valence-electron chi connectivity index (χ4n) is 6.40. The Hall–Kier alpha value is -3.09. The van der Waals surface area contributed by atoms with Gasteiger partial charge in [-0.3, -0.25) is 6.08 Å². The Morgan fingerprint density at radius 3 is 1.67 bits per heavy atom. The molecule has 0 N–H and O–H groups in total. The fraction of sp³-hybridized carbons (Fsp3) is 0.286. The first kappa shape index (κ1) is 43.3. The average Bonchev–Trinajstić information content (AvgIpc) is 3.63. The topological polar surface area (TPSA) is 0 Å². The van der Waals surface area contributed by atoms with Crippen molar-refractivity contribution in [2.45, 2.75) is 86.5 Å². The van der Waals surface area contributed by atoms with Crippen LogP contribution < -0.4 is 24.8 Å². The summed E-state index contributed by atoms with van der Waals surface area (Å²) in [4.78, 5) is 0. The van der Waals surface area contributed by atoms with Gasteiger partial charge in [0.15, 0.2) is 0 Å². The third kappa shape index (κ3) is 11.0. The molecular formula is C49H52Cl2Zr-2. The summed E-state index contributed by atoms with van der Waals surface area (Å²) < 4.78 is 1.42. The van der Waals surface area contributed by atoms with Gasteiger partial charge in [-0.2, -0.15) is 35.4 Å². The predicted octanol–water partition coefficient (Wildman–Crippen LogP) is 6.55. The van der Waals surface area contributed by atoms with E-state index in [1.165, 1.54) is 99.8 Å². The van der Waals surface area contributed by atoms with Crippen molar-refractivity contribution in [1.82, 2.24) is 0 Å². The molecular weight excluding hydrogens is 751 g/mol. The molecule has 52 heavy (non-hydrogen) atoms. The number of allylic oxidation sites excluding steroid dienone is 4. The molecule has 0 spiro atoms. The molecule has 0 bridgehead atoms. The van der Waals surface area contributed by atoms with Crippen LogP contribution in [0.3, 0.4) is 0 Å². The van der Waals surface area contributed by atoms with E-state index in [0.29, 0.717) is 5.92 Å². The number of aryl methyl sites for hydroxylation is 2. The van der Waals surface area contributed by atoms with Gasteiger partial charge in [-0.05, 0) is 28.4 Å². The largest absolute Gasteiger partial charge is 1.00 e. The van der Waals surface area contributed by atoms with Crippen LogP contribution in [0.25, 0.3) is 16.7 Å². The van der Waals surface area contributed by atoms with Gasteiger partial charge < -0.3 is 24.8 Å². The van der Waals surface area contributed by atoms with Gasteiger partial charge in [-0.1, -0.05) is 115 Å². The second-order valence-corrected chi connectivity index (χ2v) is 17.2. The summed E-state index contributed by atoms with van der Waals surface area (Å²) in [6.07, 6.45) is 6.68. The van der Waals surface area contributed by atoms with Crippen LogP contribution in [0.2, 0.25) is 0 Å². The quantitative estimate of drug-likeness (QED) is 0.178. The molecule has 1 atom stereocenters. The zero-order valence-electron chi connectivity index (χ0n) is 32.5. The van der Waals surface area contributed by atoms with Crippen LogP contribution in [-0.4, -0.2) is 3.21 Å². The summed E-state index contributed by atoms with van der Waals surface area (Å²) in [5.41, 5.74) is 17.9. The predicted molar refractivity (Wildman–Crippen MR) is 213 cm³/mol. The number of halogens is 2. The average molecular weight is 803 g/mol. The van der Waals surface area contributed by atoms with E-state index in [0.717, 1.165) is 6.42 Å². The molecule has 0 saturated heterocycles. The first-order valence-electron chi connectivity index (χ1n) is 17.9. The number of hydrogen-bond acceptors (Lipinski definition) is 0. The summed E-state index contributed by atoms with van der Waals surface area (Å²) in [6, 6.07) is 43.2. The third-order valence-corrected chi connectivity index (χ3v) is 10.9. The molecule has 0 radical (unpaired) electrons. The second kappa shape index (κ2) is 18.3.